The fourth-order valence-electron chi connectivity index (χ4n) is 3.08. The standard InChI is InChI=1S/C21H29NO4/c1-6-21(5,19(24)26-13-18-12-25-18)11-15(2)16-8-7-9-17(10-16)20(3,4)22-14-23/h7-10,15,18H,6,11-13H2,1-5H3. The molecule has 3 unspecified atom stereocenters. The first kappa shape index (κ1) is 20.3. The van der Waals surface area contributed by atoms with Gasteiger partial charge in [-0.25, -0.2) is 4.79 Å². The predicted molar refractivity (Wildman–Crippen MR) is 99.7 cm³/mol. The van der Waals surface area contributed by atoms with E-state index in [1.54, 1.807) is 6.08 Å². The van der Waals surface area contributed by atoms with Gasteiger partial charge < -0.3 is 9.47 Å². The van der Waals surface area contributed by atoms with Crippen molar-refractivity contribution in [2.24, 2.45) is 10.4 Å². The van der Waals surface area contributed by atoms with Crippen LogP contribution in [0.1, 0.15) is 64.5 Å². The number of hydrogen-bond donors (Lipinski definition) is 0. The first-order valence-corrected chi connectivity index (χ1v) is 9.20. The van der Waals surface area contributed by atoms with Gasteiger partial charge in [0.2, 0.25) is 6.08 Å². The van der Waals surface area contributed by atoms with Crippen molar-refractivity contribution >= 4 is 12.0 Å². The van der Waals surface area contributed by atoms with E-state index in [9.17, 15) is 9.59 Å². The van der Waals surface area contributed by atoms with E-state index in [0.29, 0.717) is 26.1 Å². The molecule has 0 spiro atoms. The Balaban J connectivity index is 2.12. The zero-order valence-corrected chi connectivity index (χ0v) is 16.4. The van der Waals surface area contributed by atoms with Crippen LogP contribution in [-0.4, -0.2) is 31.4 Å². The van der Waals surface area contributed by atoms with Crippen molar-refractivity contribution in [1.82, 2.24) is 0 Å². The Hall–Kier alpha value is -1.97. The Labute approximate surface area is 155 Å². The molecule has 142 valence electrons. The third-order valence-corrected chi connectivity index (χ3v) is 5.32. The van der Waals surface area contributed by atoms with Crippen molar-refractivity contribution in [1.29, 1.82) is 0 Å². The lowest BCUT2D eigenvalue weighted by atomic mass is 9.76. The molecular formula is C21H29NO4. The molecule has 0 N–H and O–H groups in total. The molecule has 5 heteroatoms. The van der Waals surface area contributed by atoms with Gasteiger partial charge in [0, 0.05) is 0 Å². The minimum Gasteiger partial charge on any atom is -0.462 e. The lowest BCUT2D eigenvalue weighted by Crippen LogP contribution is -2.31. The summed E-state index contributed by atoms with van der Waals surface area (Å²) in [5, 5.41) is 0. The number of nitrogens with zero attached hydrogens (tertiary/aromatic N) is 1. The Morgan fingerprint density at radius 2 is 2.12 bits per heavy atom. The molecule has 26 heavy (non-hydrogen) atoms. The number of epoxide rings is 1. The van der Waals surface area contributed by atoms with E-state index < -0.39 is 11.0 Å². The van der Waals surface area contributed by atoms with E-state index in [1.165, 1.54) is 0 Å². The van der Waals surface area contributed by atoms with Gasteiger partial charge in [-0.1, -0.05) is 38.1 Å². The average molecular weight is 359 g/mol. The number of ether oxygens (including phenoxy) is 2. The van der Waals surface area contributed by atoms with Gasteiger partial charge in [-0.05, 0) is 50.7 Å². The van der Waals surface area contributed by atoms with E-state index in [2.05, 4.69) is 18.0 Å². The summed E-state index contributed by atoms with van der Waals surface area (Å²) in [6.07, 6.45) is 3.13. The summed E-state index contributed by atoms with van der Waals surface area (Å²) in [6.45, 7) is 10.9. The van der Waals surface area contributed by atoms with E-state index in [-0.39, 0.29) is 18.0 Å². The predicted octanol–water partition coefficient (Wildman–Crippen LogP) is 4.11. The highest BCUT2D eigenvalue weighted by atomic mass is 16.6. The van der Waals surface area contributed by atoms with Crippen LogP contribution in [0.2, 0.25) is 0 Å². The molecule has 0 saturated carbocycles. The highest BCUT2D eigenvalue weighted by molar-refractivity contribution is 5.76. The first-order valence-electron chi connectivity index (χ1n) is 9.20. The average Bonchev–Trinajstić information content (AvgIpc) is 3.44. The van der Waals surface area contributed by atoms with Crippen molar-refractivity contribution in [3.63, 3.8) is 0 Å². The van der Waals surface area contributed by atoms with Gasteiger partial charge in [-0.15, -0.1) is 0 Å². The SMILES string of the molecule is CCC(C)(CC(C)c1cccc(C(C)(C)N=C=O)c1)C(=O)OCC1CO1. The number of rotatable bonds is 9. The number of carbonyl (C=O) groups excluding carboxylic acids is 2. The molecule has 1 aromatic carbocycles. The Kier molecular flexibility index (Phi) is 6.38. The lowest BCUT2D eigenvalue weighted by molar-refractivity contribution is -0.156. The van der Waals surface area contributed by atoms with Crippen LogP contribution in [0.4, 0.5) is 0 Å². The van der Waals surface area contributed by atoms with Gasteiger partial charge in [0.1, 0.15) is 12.7 Å². The Bertz CT molecular complexity index is 689. The summed E-state index contributed by atoms with van der Waals surface area (Å²) in [6, 6.07) is 8.04. The van der Waals surface area contributed by atoms with Gasteiger partial charge in [-0.2, -0.15) is 4.99 Å². The van der Waals surface area contributed by atoms with Crippen molar-refractivity contribution in [2.75, 3.05) is 13.2 Å². The fourth-order valence-corrected chi connectivity index (χ4v) is 3.08. The number of benzene rings is 1. The maximum absolute atomic E-state index is 12.6. The molecule has 0 bridgehead atoms. The summed E-state index contributed by atoms with van der Waals surface area (Å²) in [7, 11) is 0. The number of carbonyl (C=O) groups is 1. The van der Waals surface area contributed by atoms with Crippen LogP contribution >= 0.6 is 0 Å². The van der Waals surface area contributed by atoms with Crippen LogP contribution in [0.25, 0.3) is 0 Å². The number of esters is 1. The highest BCUT2D eigenvalue weighted by Crippen LogP contribution is 2.37. The monoisotopic (exact) mass is 359 g/mol. The van der Waals surface area contributed by atoms with Gasteiger partial charge in [0.25, 0.3) is 0 Å². The van der Waals surface area contributed by atoms with E-state index in [1.807, 2.05) is 45.9 Å². The molecule has 1 aromatic rings. The quantitative estimate of drug-likeness (QED) is 0.288. The largest absolute Gasteiger partial charge is 0.462 e. The molecule has 0 radical (unpaired) electrons. The molecule has 0 amide bonds. The molecule has 1 saturated heterocycles. The van der Waals surface area contributed by atoms with E-state index >= 15 is 0 Å². The normalized spacial score (nSPS) is 19.8. The van der Waals surface area contributed by atoms with E-state index in [0.717, 1.165) is 11.1 Å². The number of aliphatic imine (C=N–C) groups is 1. The Morgan fingerprint density at radius 3 is 2.69 bits per heavy atom. The topological polar surface area (TPSA) is 68.3 Å². The van der Waals surface area contributed by atoms with Crippen LogP contribution in [0.5, 0.6) is 0 Å². The van der Waals surface area contributed by atoms with Gasteiger partial charge >= 0.3 is 5.97 Å². The fraction of sp³-hybridized carbons (Fsp3) is 0.619. The first-order chi connectivity index (χ1) is 12.2. The highest BCUT2D eigenvalue weighted by Gasteiger charge is 2.36. The summed E-state index contributed by atoms with van der Waals surface area (Å²) in [5.41, 5.74) is 0.918. The molecule has 1 aliphatic rings. The molecule has 5 nitrogen and oxygen atoms in total. The molecular weight excluding hydrogens is 330 g/mol. The molecule has 1 aliphatic heterocycles. The summed E-state index contributed by atoms with van der Waals surface area (Å²) in [4.78, 5) is 27.1. The zero-order chi connectivity index (χ0) is 19.4. The van der Waals surface area contributed by atoms with E-state index in [4.69, 9.17) is 9.47 Å². The molecule has 1 fully saturated rings. The maximum Gasteiger partial charge on any atom is 0.311 e. The maximum atomic E-state index is 12.6. The second-order valence-electron chi connectivity index (χ2n) is 7.96. The summed E-state index contributed by atoms with van der Waals surface area (Å²) < 4.78 is 10.6. The van der Waals surface area contributed by atoms with Crippen molar-refractivity contribution in [3.8, 4) is 0 Å². The van der Waals surface area contributed by atoms with Crippen molar-refractivity contribution in [2.45, 2.75) is 65.0 Å². The second-order valence-corrected chi connectivity index (χ2v) is 7.96. The molecule has 1 heterocycles. The van der Waals surface area contributed by atoms with Crippen LogP contribution in [0.15, 0.2) is 29.3 Å². The number of hydrogen-bond acceptors (Lipinski definition) is 5. The van der Waals surface area contributed by atoms with Crippen LogP contribution in [0, 0.1) is 5.41 Å². The van der Waals surface area contributed by atoms with Crippen LogP contribution < -0.4 is 0 Å². The van der Waals surface area contributed by atoms with Gasteiger partial charge in [0.15, 0.2) is 0 Å². The summed E-state index contributed by atoms with van der Waals surface area (Å²) >= 11 is 0. The molecule has 0 aliphatic carbocycles. The van der Waals surface area contributed by atoms with Gasteiger partial charge in [0.05, 0.1) is 17.6 Å². The zero-order valence-electron chi connectivity index (χ0n) is 16.4. The van der Waals surface area contributed by atoms with Gasteiger partial charge in [-0.3, -0.25) is 4.79 Å². The molecule has 2 rings (SSSR count). The lowest BCUT2D eigenvalue weighted by Gasteiger charge is -2.29. The molecule has 3 atom stereocenters. The minimum atomic E-state index is -0.616. The smallest absolute Gasteiger partial charge is 0.311 e. The number of isocyanates is 1. The van der Waals surface area contributed by atoms with Crippen molar-refractivity contribution in [3.05, 3.63) is 35.4 Å². The minimum absolute atomic E-state index is 0.0785. The Morgan fingerprint density at radius 1 is 1.42 bits per heavy atom. The summed E-state index contributed by atoms with van der Waals surface area (Å²) in [5.74, 6) is 0.00465. The van der Waals surface area contributed by atoms with Crippen molar-refractivity contribution < 1.29 is 19.1 Å². The van der Waals surface area contributed by atoms with Crippen LogP contribution in [-0.2, 0) is 24.6 Å². The third kappa shape index (κ3) is 5.03. The second kappa shape index (κ2) is 8.15. The molecule has 0 aromatic heterocycles. The van der Waals surface area contributed by atoms with Crippen LogP contribution in [0.3, 0.4) is 0 Å². The third-order valence-electron chi connectivity index (χ3n) is 5.32.